The molecule has 0 aliphatic carbocycles. The zero-order valence-corrected chi connectivity index (χ0v) is 18.3. The molecule has 6 heteroatoms. The van der Waals surface area contributed by atoms with E-state index in [0.717, 1.165) is 16.7 Å². The van der Waals surface area contributed by atoms with Gasteiger partial charge in [-0.1, -0.05) is 96.2 Å². The van der Waals surface area contributed by atoms with Crippen molar-refractivity contribution in [2.24, 2.45) is 0 Å². The predicted octanol–water partition coefficient (Wildman–Crippen LogP) is 6.32. The Balaban J connectivity index is 1.55. The van der Waals surface area contributed by atoms with Crippen molar-refractivity contribution in [2.45, 2.75) is 13.2 Å². The minimum atomic E-state index is -0.108. The molecule has 0 radical (unpaired) electrons. The van der Waals surface area contributed by atoms with Crippen LogP contribution in [0.5, 0.6) is 5.75 Å². The highest BCUT2D eigenvalue weighted by Crippen LogP contribution is 2.36. The average Bonchev–Trinajstić information content (AvgIpc) is 3.02. The number of carbonyl (C=O) groups is 1. The molecule has 30 heavy (non-hydrogen) atoms. The van der Waals surface area contributed by atoms with E-state index < -0.39 is 0 Å². The van der Waals surface area contributed by atoms with E-state index in [2.05, 4.69) is 0 Å². The minimum Gasteiger partial charge on any atom is -0.488 e. The Bertz CT molecular complexity index is 1100. The van der Waals surface area contributed by atoms with Gasteiger partial charge in [-0.2, -0.15) is 0 Å². The van der Waals surface area contributed by atoms with Crippen molar-refractivity contribution in [1.29, 1.82) is 0 Å². The molecule has 3 nitrogen and oxygen atoms in total. The molecule has 0 spiro atoms. The van der Waals surface area contributed by atoms with Crippen LogP contribution in [0.2, 0.25) is 5.02 Å². The summed E-state index contributed by atoms with van der Waals surface area (Å²) in [6.07, 6.45) is 1.80. The smallest absolute Gasteiger partial charge is 0.266 e. The number of thiocarbonyl (C=S) groups is 1. The number of thioether (sulfide) groups is 1. The molecule has 1 heterocycles. The van der Waals surface area contributed by atoms with Gasteiger partial charge in [-0.25, -0.2) is 0 Å². The number of rotatable bonds is 6. The molecule has 1 saturated heterocycles. The fraction of sp³-hybridized carbons (Fsp3) is 0.0833. The molecule has 0 N–H and O–H groups in total. The summed E-state index contributed by atoms with van der Waals surface area (Å²) in [7, 11) is 0. The van der Waals surface area contributed by atoms with E-state index in [1.165, 1.54) is 11.8 Å². The van der Waals surface area contributed by atoms with Crippen LogP contribution in [0.15, 0.2) is 83.8 Å². The number of halogens is 1. The normalized spacial score (nSPS) is 15.1. The van der Waals surface area contributed by atoms with Crippen LogP contribution in [0, 0.1) is 0 Å². The van der Waals surface area contributed by atoms with Crippen molar-refractivity contribution in [3.05, 3.63) is 105 Å². The molecule has 0 saturated carbocycles. The molecular formula is C24H18ClNO2S2. The van der Waals surface area contributed by atoms with Crippen LogP contribution in [0.25, 0.3) is 6.08 Å². The van der Waals surface area contributed by atoms with Crippen LogP contribution in [-0.2, 0) is 17.9 Å². The van der Waals surface area contributed by atoms with Crippen LogP contribution in [0.4, 0.5) is 0 Å². The van der Waals surface area contributed by atoms with Crippen molar-refractivity contribution in [2.75, 3.05) is 0 Å². The van der Waals surface area contributed by atoms with E-state index >= 15 is 0 Å². The van der Waals surface area contributed by atoms with E-state index in [1.54, 1.807) is 23.1 Å². The highest BCUT2D eigenvalue weighted by molar-refractivity contribution is 8.26. The van der Waals surface area contributed by atoms with Gasteiger partial charge in [-0.15, -0.1) is 0 Å². The first kappa shape index (κ1) is 20.7. The lowest BCUT2D eigenvalue weighted by atomic mass is 10.1. The third kappa shape index (κ3) is 4.93. The number of hydrogen-bond acceptors (Lipinski definition) is 4. The average molecular weight is 452 g/mol. The maximum atomic E-state index is 13.0. The van der Waals surface area contributed by atoms with Gasteiger partial charge >= 0.3 is 0 Å². The Labute approximate surface area is 190 Å². The number of carbonyl (C=O) groups excluding carboxylic acids is 1. The Kier molecular flexibility index (Phi) is 6.53. The SMILES string of the molecule is O=C1/C(=C/c2cc(Cl)ccc2OCc2ccccc2)SC(=S)N1Cc1ccccc1. The summed E-state index contributed by atoms with van der Waals surface area (Å²) in [5, 5.41) is 0.577. The summed E-state index contributed by atoms with van der Waals surface area (Å²) in [4.78, 5) is 15.2. The van der Waals surface area contributed by atoms with Crippen molar-refractivity contribution in [3.8, 4) is 5.75 Å². The van der Waals surface area contributed by atoms with Gasteiger partial charge < -0.3 is 4.74 Å². The first-order chi connectivity index (χ1) is 14.6. The molecule has 0 aromatic heterocycles. The maximum absolute atomic E-state index is 13.0. The Morgan fingerprint density at radius 2 is 1.63 bits per heavy atom. The summed E-state index contributed by atoms with van der Waals surface area (Å²) in [6.45, 7) is 0.883. The summed E-state index contributed by atoms with van der Waals surface area (Å²) < 4.78 is 6.55. The predicted molar refractivity (Wildman–Crippen MR) is 127 cm³/mol. The molecule has 0 unspecified atom stereocenters. The molecule has 1 aliphatic rings. The molecule has 3 aromatic rings. The second-order valence-electron chi connectivity index (χ2n) is 6.71. The van der Waals surface area contributed by atoms with Gasteiger partial charge in [0.2, 0.25) is 0 Å². The van der Waals surface area contributed by atoms with Crippen molar-refractivity contribution in [3.63, 3.8) is 0 Å². The first-order valence-corrected chi connectivity index (χ1v) is 11.0. The van der Waals surface area contributed by atoms with Gasteiger partial charge in [-0.05, 0) is 35.4 Å². The topological polar surface area (TPSA) is 29.5 Å². The third-order valence-corrected chi connectivity index (χ3v) is 6.17. The molecule has 150 valence electrons. The molecule has 4 rings (SSSR count). The van der Waals surface area contributed by atoms with Gasteiger partial charge in [0.25, 0.3) is 5.91 Å². The standard InChI is InChI=1S/C24H18ClNO2S2/c25-20-11-12-21(28-16-18-9-5-2-6-10-18)19(13-20)14-22-23(27)26(24(29)30-22)15-17-7-3-1-4-8-17/h1-14H,15-16H2/b22-14-. The zero-order valence-electron chi connectivity index (χ0n) is 16.0. The van der Waals surface area contributed by atoms with Crippen LogP contribution in [0.3, 0.4) is 0 Å². The third-order valence-electron chi connectivity index (χ3n) is 4.55. The van der Waals surface area contributed by atoms with E-state index in [9.17, 15) is 4.79 Å². The fourth-order valence-electron chi connectivity index (χ4n) is 3.04. The summed E-state index contributed by atoms with van der Waals surface area (Å²) in [5.41, 5.74) is 2.84. The molecule has 0 atom stereocenters. The lowest BCUT2D eigenvalue weighted by molar-refractivity contribution is -0.122. The molecule has 1 amide bonds. The second-order valence-corrected chi connectivity index (χ2v) is 8.82. The first-order valence-electron chi connectivity index (χ1n) is 9.36. The van der Waals surface area contributed by atoms with Gasteiger partial charge in [-0.3, -0.25) is 9.69 Å². The van der Waals surface area contributed by atoms with Crippen LogP contribution < -0.4 is 4.74 Å². The van der Waals surface area contributed by atoms with Gasteiger partial charge in [0.05, 0.1) is 11.4 Å². The van der Waals surface area contributed by atoms with Gasteiger partial charge in [0.15, 0.2) is 0 Å². The van der Waals surface area contributed by atoms with E-state index in [1.807, 2.05) is 66.7 Å². The summed E-state index contributed by atoms with van der Waals surface area (Å²) >= 11 is 13.0. The van der Waals surface area contributed by atoms with Gasteiger partial charge in [0, 0.05) is 10.6 Å². The van der Waals surface area contributed by atoms with Crippen LogP contribution in [-0.4, -0.2) is 15.1 Å². The number of amides is 1. The molecule has 3 aromatic carbocycles. The summed E-state index contributed by atoms with van der Waals surface area (Å²) in [5.74, 6) is 0.555. The number of hydrogen-bond donors (Lipinski definition) is 0. The zero-order chi connectivity index (χ0) is 20.9. The molecule has 1 fully saturated rings. The Morgan fingerprint density at radius 3 is 2.33 bits per heavy atom. The lowest BCUT2D eigenvalue weighted by Crippen LogP contribution is -2.27. The highest BCUT2D eigenvalue weighted by atomic mass is 35.5. The molecule has 1 aliphatic heterocycles. The maximum Gasteiger partial charge on any atom is 0.266 e. The highest BCUT2D eigenvalue weighted by Gasteiger charge is 2.32. The lowest BCUT2D eigenvalue weighted by Gasteiger charge is -2.14. The number of benzene rings is 3. The van der Waals surface area contributed by atoms with Crippen molar-refractivity contribution >= 4 is 51.9 Å². The molecular weight excluding hydrogens is 434 g/mol. The number of ether oxygens (including phenoxy) is 1. The van der Waals surface area contributed by atoms with E-state index in [4.69, 9.17) is 28.6 Å². The quantitative estimate of drug-likeness (QED) is 0.324. The van der Waals surface area contributed by atoms with Crippen LogP contribution in [0.1, 0.15) is 16.7 Å². The van der Waals surface area contributed by atoms with E-state index in [0.29, 0.717) is 33.1 Å². The van der Waals surface area contributed by atoms with Gasteiger partial charge in [0.1, 0.15) is 16.7 Å². The summed E-state index contributed by atoms with van der Waals surface area (Å²) in [6, 6.07) is 25.1. The monoisotopic (exact) mass is 451 g/mol. The second kappa shape index (κ2) is 9.47. The fourth-order valence-corrected chi connectivity index (χ4v) is 4.47. The van der Waals surface area contributed by atoms with Crippen molar-refractivity contribution in [1.82, 2.24) is 4.90 Å². The van der Waals surface area contributed by atoms with Crippen molar-refractivity contribution < 1.29 is 9.53 Å². The number of nitrogens with zero attached hydrogens (tertiary/aromatic N) is 1. The Morgan fingerprint density at radius 1 is 0.967 bits per heavy atom. The van der Waals surface area contributed by atoms with E-state index in [-0.39, 0.29) is 5.91 Å². The largest absolute Gasteiger partial charge is 0.488 e. The minimum absolute atomic E-state index is 0.108. The Hall–Kier alpha value is -2.60. The molecule has 0 bridgehead atoms. The van der Waals surface area contributed by atoms with Crippen LogP contribution >= 0.6 is 35.6 Å².